The van der Waals surface area contributed by atoms with E-state index in [9.17, 15) is 9.59 Å². The topological polar surface area (TPSA) is 58.6 Å². The fraction of sp³-hybridized carbons (Fsp3) is 0.600. The third kappa shape index (κ3) is 6.07. The highest BCUT2D eigenvalue weighted by atomic mass is 16.5. The average Bonchev–Trinajstić information content (AvgIpc) is 2.65. The van der Waals surface area contributed by atoms with Gasteiger partial charge in [-0.15, -0.1) is 0 Å². The molecule has 0 spiro atoms. The summed E-state index contributed by atoms with van der Waals surface area (Å²) < 4.78 is 5.66. The molecule has 1 aromatic rings. The molecule has 0 aliphatic carbocycles. The maximum atomic E-state index is 12.1. The molecule has 0 atom stereocenters. The second-order valence-electron chi connectivity index (χ2n) is 6.58. The molecule has 0 aromatic heterocycles. The summed E-state index contributed by atoms with van der Waals surface area (Å²) in [5.41, 5.74) is 1.11. The summed E-state index contributed by atoms with van der Waals surface area (Å²) in [6.45, 7) is 5.65. The van der Waals surface area contributed by atoms with Crippen LogP contribution in [0.5, 0.6) is 5.75 Å². The van der Waals surface area contributed by atoms with Crippen molar-refractivity contribution in [2.75, 3.05) is 19.7 Å². The van der Waals surface area contributed by atoms with Crippen LogP contribution in [0.3, 0.4) is 0 Å². The van der Waals surface area contributed by atoms with Gasteiger partial charge in [0.2, 0.25) is 5.91 Å². The molecule has 0 saturated carbocycles. The quantitative estimate of drug-likeness (QED) is 0.787. The minimum atomic E-state index is -0.0957. The van der Waals surface area contributed by atoms with Gasteiger partial charge in [-0.1, -0.05) is 38.5 Å². The highest BCUT2D eigenvalue weighted by Crippen LogP contribution is 2.18. The van der Waals surface area contributed by atoms with Gasteiger partial charge < -0.3 is 15.0 Å². The molecule has 1 heterocycles. The number of benzene rings is 1. The maximum absolute atomic E-state index is 12.1. The Morgan fingerprint density at radius 1 is 1.20 bits per heavy atom. The maximum Gasteiger partial charge on any atom is 0.258 e. The minimum absolute atomic E-state index is 0.0344. The van der Waals surface area contributed by atoms with E-state index in [0.29, 0.717) is 6.42 Å². The number of carbonyl (C=O) groups excluding carboxylic acids is 2. The predicted molar refractivity (Wildman–Crippen MR) is 98.6 cm³/mol. The Kier molecular flexibility index (Phi) is 7.76. The molecule has 5 heteroatoms. The molecule has 0 radical (unpaired) electrons. The monoisotopic (exact) mass is 346 g/mol. The van der Waals surface area contributed by atoms with Gasteiger partial charge in [-0.05, 0) is 37.3 Å². The molecule has 1 N–H and O–H groups in total. The summed E-state index contributed by atoms with van der Waals surface area (Å²) in [6.07, 6.45) is 5.14. The first-order valence-electron chi connectivity index (χ1n) is 9.41. The van der Waals surface area contributed by atoms with Crippen molar-refractivity contribution >= 4 is 11.8 Å². The van der Waals surface area contributed by atoms with Crippen molar-refractivity contribution in [1.82, 2.24) is 10.2 Å². The van der Waals surface area contributed by atoms with Gasteiger partial charge in [-0.3, -0.25) is 9.59 Å². The molecule has 0 unspecified atom stereocenters. The number of ether oxygens (including phenoxy) is 1. The van der Waals surface area contributed by atoms with Crippen LogP contribution in [-0.4, -0.2) is 42.5 Å². The van der Waals surface area contributed by atoms with Crippen molar-refractivity contribution in [3.05, 3.63) is 29.8 Å². The Hall–Kier alpha value is -2.04. The third-order valence-electron chi connectivity index (χ3n) is 4.67. The number of para-hydroxylation sites is 1. The average molecular weight is 346 g/mol. The van der Waals surface area contributed by atoms with Gasteiger partial charge >= 0.3 is 0 Å². The van der Waals surface area contributed by atoms with Gasteiger partial charge in [0.05, 0.1) is 0 Å². The fourth-order valence-electron chi connectivity index (χ4n) is 3.11. The lowest BCUT2D eigenvalue weighted by Crippen LogP contribution is -2.47. The number of hydrogen-bond donors (Lipinski definition) is 1. The van der Waals surface area contributed by atoms with Crippen molar-refractivity contribution < 1.29 is 14.3 Å². The van der Waals surface area contributed by atoms with E-state index in [1.54, 1.807) is 0 Å². The van der Waals surface area contributed by atoms with Gasteiger partial charge in [0, 0.05) is 25.6 Å². The number of piperidine rings is 1. The van der Waals surface area contributed by atoms with Crippen LogP contribution in [0.1, 0.15) is 51.5 Å². The number of aryl methyl sites for hydroxylation is 1. The van der Waals surface area contributed by atoms with E-state index >= 15 is 0 Å². The number of hydrogen-bond acceptors (Lipinski definition) is 3. The van der Waals surface area contributed by atoms with Crippen LogP contribution in [0.25, 0.3) is 0 Å². The second-order valence-corrected chi connectivity index (χ2v) is 6.58. The first kappa shape index (κ1) is 19.3. The Labute approximate surface area is 150 Å². The fourth-order valence-corrected chi connectivity index (χ4v) is 3.11. The smallest absolute Gasteiger partial charge is 0.258 e. The van der Waals surface area contributed by atoms with Gasteiger partial charge in [-0.2, -0.15) is 0 Å². The number of unbranched alkanes of at least 4 members (excludes halogenated alkanes) is 1. The molecular formula is C20H30N2O3. The lowest BCUT2D eigenvalue weighted by molar-refractivity contribution is -0.132. The van der Waals surface area contributed by atoms with Gasteiger partial charge in [0.1, 0.15) is 5.75 Å². The second kappa shape index (κ2) is 10.1. The number of carbonyl (C=O) groups is 2. The van der Waals surface area contributed by atoms with Crippen LogP contribution in [0.15, 0.2) is 24.3 Å². The summed E-state index contributed by atoms with van der Waals surface area (Å²) in [5.74, 6) is 0.921. The standard InChI is InChI=1S/C20H30N2O3/c1-3-5-10-20(24)22-13-11-17(12-14-22)21-19(23)15-25-18-9-7-6-8-16(18)4-2/h6-9,17H,3-5,10-15H2,1-2H3,(H,21,23). The molecule has 1 aromatic carbocycles. The molecule has 2 rings (SSSR count). The molecular weight excluding hydrogens is 316 g/mol. The van der Waals surface area contributed by atoms with Crippen LogP contribution < -0.4 is 10.1 Å². The zero-order valence-corrected chi connectivity index (χ0v) is 15.4. The molecule has 1 aliphatic rings. The van der Waals surface area contributed by atoms with Crippen molar-refractivity contribution in [1.29, 1.82) is 0 Å². The van der Waals surface area contributed by atoms with Gasteiger partial charge in [-0.25, -0.2) is 0 Å². The molecule has 2 amide bonds. The van der Waals surface area contributed by atoms with Crippen molar-refractivity contribution in [2.45, 2.75) is 58.4 Å². The largest absolute Gasteiger partial charge is 0.483 e. The molecule has 5 nitrogen and oxygen atoms in total. The summed E-state index contributed by atoms with van der Waals surface area (Å²) in [4.78, 5) is 26.1. The van der Waals surface area contributed by atoms with E-state index in [1.807, 2.05) is 29.2 Å². The molecule has 1 aliphatic heterocycles. The van der Waals surface area contributed by atoms with E-state index < -0.39 is 0 Å². The number of amides is 2. The van der Waals surface area contributed by atoms with Crippen molar-refractivity contribution in [2.24, 2.45) is 0 Å². The lowest BCUT2D eigenvalue weighted by atomic mass is 10.0. The normalized spacial score (nSPS) is 15.0. The van der Waals surface area contributed by atoms with E-state index in [2.05, 4.69) is 19.2 Å². The zero-order chi connectivity index (χ0) is 18.1. The van der Waals surface area contributed by atoms with Crippen molar-refractivity contribution in [3.8, 4) is 5.75 Å². The number of nitrogens with zero attached hydrogens (tertiary/aromatic N) is 1. The molecule has 25 heavy (non-hydrogen) atoms. The number of nitrogens with one attached hydrogen (secondary N) is 1. The van der Waals surface area contributed by atoms with Crippen LogP contribution in [-0.2, 0) is 16.0 Å². The Morgan fingerprint density at radius 3 is 2.60 bits per heavy atom. The van der Waals surface area contributed by atoms with Gasteiger partial charge in [0.15, 0.2) is 6.61 Å². The highest BCUT2D eigenvalue weighted by Gasteiger charge is 2.23. The first-order chi connectivity index (χ1) is 12.1. The predicted octanol–water partition coefficient (Wildman–Crippen LogP) is 2.93. The Balaban J connectivity index is 1.71. The van der Waals surface area contributed by atoms with Crippen LogP contribution in [0, 0.1) is 0 Å². The highest BCUT2D eigenvalue weighted by molar-refractivity contribution is 5.78. The van der Waals surface area contributed by atoms with Crippen LogP contribution in [0.2, 0.25) is 0 Å². The Bertz CT molecular complexity index is 566. The number of rotatable bonds is 8. The lowest BCUT2D eigenvalue weighted by Gasteiger charge is -2.32. The molecule has 138 valence electrons. The summed E-state index contributed by atoms with van der Waals surface area (Å²) >= 11 is 0. The molecule has 0 bridgehead atoms. The van der Waals surface area contributed by atoms with E-state index in [-0.39, 0.29) is 24.5 Å². The zero-order valence-electron chi connectivity index (χ0n) is 15.4. The SMILES string of the molecule is CCCCC(=O)N1CCC(NC(=O)COc2ccccc2CC)CC1. The summed E-state index contributed by atoms with van der Waals surface area (Å²) in [7, 11) is 0. The summed E-state index contributed by atoms with van der Waals surface area (Å²) in [6, 6.07) is 7.93. The molecule has 1 saturated heterocycles. The Morgan fingerprint density at radius 2 is 1.92 bits per heavy atom. The summed E-state index contributed by atoms with van der Waals surface area (Å²) in [5, 5.41) is 3.03. The molecule has 1 fully saturated rings. The first-order valence-corrected chi connectivity index (χ1v) is 9.41. The van der Waals surface area contributed by atoms with Crippen molar-refractivity contribution in [3.63, 3.8) is 0 Å². The number of likely N-dealkylation sites (tertiary alicyclic amines) is 1. The van der Waals surface area contributed by atoms with E-state index in [0.717, 1.165) is 56.5 Å². The van der Waals surface area contributed by atoms with E-state index in [4.69, 9.17) is 4.74 Å². The van der Waals surface area contributed by atoms with Crippen LogP contribution >= 0.6 is 0 Å². The minimum Gasteiger partial charge on any atom is -0.483 e. The van der Waals surface area contributed by atoms with E-state index in [1.165, 1.54) is 0 Å². The van der Waals surface area contributed by atoms with Crippen LogP contribution in [0.4, 0.5) is 0 Å². The van der Waals surface area contributed by atoms with Gasteiger partial charge in [0.25, 0.3) is 5.91 Å². The third-order valence-corrected chi connectivity index (χ3v) is 4.67.